The molecule has 9 nitrogen and oxygen atoms in total. The zero-order valence-corrected chi connectivity index (χ0v) is 15.8. The van der Waals surface area contributed by atoms with Crippen LogP contribution in [-0.4, -0.2) is 29.6 Å². The van der Waals surface area contributed by atoms with Crippen LogP contribution in [0.5, 0.6) is 5.75 Å². The molecule has 1 amide bonds. The lowest BCUT2D eigenvalue weighted by molar-refractivity contribution is -0.385. The van der Waals surface area contributed by atoms with E-state index in [9.17, 15) is 19.7 Å². The number of para-hydroxylation sites is 2. The van der Waals surface area contributed by atoms with Gasteiger partial charge in [-0.25, -0.2) is 9.59 Å². The number of rotatable bonds is 10. The van der Waals surface area contributed by atoms with Crippen molar-refractivity contribution in [2.45, 2.75) is 31.9 Å². The molecule has 0 fully saturated rings. The molecule has 0 aromatic heterocycles. The third-order valence-electron chi connectivity index (χ3n) is 4.01. The number of carbonyl (C=O) groups excluding carboxylic acids is 2. The number of nitrogens with one attached hydrogen (secondary N) is 1. The first-order valence-electron chi connectivity index (χ1n) is 9.13. The number of nitrogens with two attached hydrogens (primary N) is 1. The average Bonchev–Trinajstić information content (AvgIpc) is 2.72. The van der Waals surface area contributed by atoms with Crippen LogP contribution in [0, 0.1) is 10.1 Å². The molecule has 9 heteroatoms. The van der Waals surface area contributed by atoms with E-state index in [0.29, 0.717) is 19.4 Å². The summed E-state index contributed by atoms with van der Waals surface area (Å²) in [5.74, 6) is -1.00. The van der Waals surface area contributed by atoms with Gasteiger partial charge in [0, 0.05) is 6.07 Å². The number of nitro benzene ring substituents is 1. The number of hydrogen-bond acceptors (Lipinski definition) is 7. The van der Waals surface area contributed by atoms with Crippen LogP contribution in [0.4, 0.5) is 10.5 Å². The Morgan fingerprint density at radius 3 is 2.45 bits per heavy atom. The van der Waals surface area contributed by atoms with E-state index in [0.717, 1.165) is 5.56 Å². The number of unbranched alkanes of at least 4 members (excludes halogenated alkanes) is 1. The second-order valence-corrected chi connectivity index (χ2v) is 6.19. The highest BCUT2D eigenvalue weighted by atomic mass is 16.6. The second-order valence-electron chi connectivity index (χ2n) is 6.19. The van der Waals surface area contributed by atoms with Crippen molar-refractivity contribution in [3.63, 3.8) is 0 Å². The van der Waals surface area contributed by atoms with E-state index < -0.39 is 23.0 Å². The number of carbonyl (C=O) groups is 2. The lowest BCUT2D eigenvalue weighted by atomic mass is 10.1. The summed E-state index contributed by atoms with van der Waals surface area (Å²) in [7, 11) is 0. The molecule has 0 aliphatic carbocycles. The zero-order chi connectivity index (χ0) is 21.1. The highest BCUT2D eigenvalue weighted by Crippen LogP contribution is 2.26. The van der Waals surface area contributed by atoms with Crippen molar-refractivity contribution in [1.82, 2.24) is 5.32 Å². The molecular weight excluding hydrogens is 378 g/mol. The Hall–Kier alpha value is -3.46. The molecule has 2 rings (SSSR count). The van der Waals surface area contributed by atoms with E-state index in [1.165, 1.54) is 24.3 Å². The summed E-state index contributed by atoms with van der Waals surface area (Å²) < 4.78 is 10.3. The van der Waals surface area contributed by atoms with Gasteiger partial charge in [0.15, 0.2) is 0 Å². The maximum Gasteiger partial charge on any atom is 0.408 e. The Labute approximate surface area is 168 Å². The van der Waals surface area contributed by atoms with Crippen LogP contribution in [0.3, 0.4) is 0 Å². The van der Waals surface area contributed by atoms with E-state index >= 15 is 0 Å². The van der Waals surface area contributed by atoms with E-state index in [4.69, 9.17) is 15.2 Å². The molecule has 154 valence electrons. The molecule has 0 heterocycles. The van der Waals surface area contributed by atoms with Crippen LogP contribution in [0.2, 0.25) is 0 Å². The van der Waals surface area contributed by atoms with Crippen molar-refractivity contribution in [3.8, 4) is 5.75 Å². The third-order valence-corrected chi connectivity index (χ3v) is 4.01. The number of nitrogens with zero attached hydrogens (tertiary/aromatic N) is 1. The molecule has 0 aliphatic rings. The summed E-state index contributed by atoms with van der Waals surface area (Å²) in [6.45, 7) is 0.478. The van der Waals surface area contributed by atoms with Crippen LogP contribution in [0.1, 0.15) is 24.8 Å². The van der Waals surface area contributed by atoms with E-state index in [-0.39, 0.29) is 24.5 Å². The molecule has 1 atom stereocenters. The van der Waals surface area contributed by atoms with Crippen molar-refractivity contribution in [3.05, 3.63) is 70.3 Å². The van der Waals surface area contributed by atoms with Crippen molar-refractivity contribution in [2.75, 3.05) is 6.54 Å². The van der Waals surface area contributed by atoms with Crippen LogP contribution >= 0.6 is 0 Å². The predicted molar refractivity (Wildman–Crippen MR) is 105 cm³/mol. The number of ether oxygens (including phenoxy) is 2. The van der Waals surface area contributed by atoms with Gasteiger partial charge in [-0.3, -0.25) is 10.1 Å². The first-order chi connectivity index (χ1) is 14.0. The van der Waals surface area contributed by atoms with E-state index in [1.54, 1.807) is 12.1 Å². The van der Waals surface area contributed by atoms with Gasteiger partial charge < -0.3 is 20.5 Å². The Balaban J connectivity index is 2.01. The molecule has 0 saturated heterocycles. The molecule has 2 aromatic carbocycles. The van der Waals surface area contributed by atoms with Gasteiger partial charge >= 0.3 is 17.7 Å². The molecule has 0 unspecified atom stereocenters. The first-order valence-corrected chi connectivity index (χ1v) is 9.13. The van der Waals surface area contributed by atoms with Gasteiger partial charge in [0.1, 0.15) is 12.6 Å². The maximum atomic E-state index is 12.5. The number of hydrogen-bond donors (Lipinski definition) is 2. The minimum Gasteiger partial charge on any atom is -0.445 e. The number of nitro groups is 1. The summed E-state index contributed by atoms with van der Waals surface area (Å²) in [5, 5.41) is 13.6. The van der Waals surface area contributed by atoms with Crippen LogP contribution < -0.4 is 15.8 Å². The summed E-state index contributed by atoms with van der Waals surface area (Å²) >= 11 is 0. The SMILES string of the molecule is NCCCC[C@H](NC(=O)OCc1ccccc1)C(=O)Oc1ccccc1[N+](=O)[O-]. The standard InChI is InChI=1S/C20H23N3O6/c21-13-7-6-10-16(22-20(25)28-14-15-8-2-1-3-9-15)19(24)29-18-12-5-4-11-17(18)23(26)27/h1-5,8-9,11-12,16H,6-7,10,13-14,21H2,(H,22,25)/t16-/m0/s1. The van der Waals surface area contributed by atoms with Crippen molar-refractivity contribution in [2.24, 2.45) is 5.73 Å². The van der Waals surface area contributed by atoms with Gasteiger partial charge in [-0.1, -0.05) is 42.5 Å². The first kappa shape index (κ1) is 21.8. The molecule has 2 aromatic rings. The van der Waals surface area contributed by atoms with Gasteiger partial charge in [0.25, 0.3) is 0 Å². The van der Waals surface area contributed by atoms with E-state index in [2.05, 4.69) is 5.32 Å². The predicted octanol–water partition coefficient (Wildman–Crippen LogP) is 2.92. The Morgan fingerprint density at radius 2 is 1.76 bits per heavy atom. The Kier molecular flexibility index (Phi) is 8.58. The highest BCUT2D eigenvalue weighted by Gasteiger charge is 2.26. The van der Waals surface area contributed by atoms with Gasteiger partial charge in [0.05, 0.1) is 4.92 Å². The van der Waals surface area contributed by atoms with Crippen molar-refractivity contribution < 1.29 is 24.0 Å². The average molecular weight is 401 g/mol. The largest absolute Gasteiger partial charge is 0.445 e. The van der Waals surface area contributed by atoms with Gasteiger partial charge in [-0.2, -0.15) is 0 Å². The second kappa shape index (κ2) is 11.4. The highest BCUT2D eigenvalue weighted by molar-refractivity contribution is 5.83. The topological polar surface area (TPSA) is 134 Å². The minimum atomic E-state index is -1.02. The normalized spacial score (nSPS) is 11.3. The van der Waals surface area contributed by atoms with Crippen LogP contribution in [0.15, 0.2) is 54.6 Å². The van der Waals surface area contributed by atoms with E-state index in [1.807, 2.05) is 18.2 Å². The lowest BCUT2D eigenvalue weighted by Gasteiger charge is -2.17. The fourth-order valence-corrected chi connectivity index (χ4v) is 2.52. The smallest absolute Gasteiger partial charge is 0.408 e. The monoisotopic (exact) mass is 401 g/mol. The molecule has 0 aliphatic heterocycles. The molecule has 0 bridgehead atoms. The molecule has 0 spiro atoms. The number of alkyl carbamates (subject to hydrolysis) is 1. The molecule has 0 saturated carbocycles. The summed E-state index contributed by atoms with van der Waals surface area (Å²) in [6.07, 6.45) is 0.685. The Morgan fingerprint density at radius 1 is 1.07 bits per heavy atom. The van der Waals surface area contributed by atoms with Gasteiger partial charge in [-0.15, -0.1) is 0 Å². The van der Waals surface area contributed by atoms with Crippen LogP contribution in [0.25, 0.3) is 0 Å². The minimum absolute atomic E-state index is 0.0431. The third kappa shape index (κ3) is 7.23. The zero-order valence-electron chi connectivity index (χ0n) is 15.8. The maximum absolute atomic E-state index is 12.5. The van der Waals surface area contributed by atoms with Crippen molar-refractivity contribution in [1.29, 1.82) is 0 Å². The molecular formula is C20H23N3O6. The molecule has 0 radical (unpaired) electrons. The fraction of sp³-hybridized carbons (Fsp3) is 0.300. The van der Waals surface area contributed by atoms with Gasteiger partial charge in [0.2, 0.25) is 5.75 Å². The van der Waals surface area contributed by atoms with Gasteiger partial charge in [-0.05, 0) is 37.4 Å². The summed E-state index contributed by atoms with van der Waals surface area (Å²) in [4.78, 5) is 35.1. The number of benzene rings is 2. The quantitative estimate of drug-likeness (QED) is 0.205. The summed E-state index contributed by atoms with van der Waals surface area (Å²) in [6, 6.07) is 13.6. The number of amides is 1. The van der Waals surface area contributed by atoms with Crippen molar-refractivity contribution >= 4 is 17.7 Å². The Bertz CT molecular complexity index is 828. The number of esters is 1. The van der Waals surface area contributed by atoms with Crippen LogP contribution in [-0.2, 0) is 16.1 Å². The molecule has 3 N–H and O–H groups in total. The lowest BCUT2D eigenvalue weighted by Crippen LogP contribution is -2.43. The molecule has 29 heavy (non-hydrogen) atoms. The summed E-state index contributed by atoms with van der Waals surface area (Å²) in [5.41, 5.74) is 5.93. The fourth-order valence-electron chi connectivity index (χ4n) is 2.52.